The summed E-state index contributed by atoms with van der Waals surface area (Å²) in [6, 6.07) is 5.31. The Kier molecular flexibility index (Phi) is 3.24. The van der Waals surface area contributed by atoms with Crippen molar-refractivity contribution in [1.29, 1.82) is 0 Å². The highest BCUT2D eigenvalue weighted by Crippen LogP contribution is 2.19. The van der Waals surface area contributed by atoms with Crippen molar-refractivity contribution in [1.82, 2.24) is 4.98 Å². The number of nitrogens with two attached hydrogens (primary N) is 1. The summed E-state index contributed by atoms with van der Waals surface area (Å²) in [4.78, 5) is 4.26. The number of benzene rings is 1. The average molecular weight is 238 g/mol. The zero-order valence-electron chi connectivity index (χ0n) is 9.10. The van der Waals surface area contributed by atoms with Crippen LogP contribution in [-0.4, -0.2) is 14.9 Å². The highest BCUT2D eigenvalue weighted by molar-refractivity contribution is 7.84. The predicted molar refractivity (Wildman–Crippen MR) is 65.4 cm³/mol. The van der Waals surface area contributed by atoms with Crippen LogP contribution in [0.4, 0.5) is 5.69 Å². The van der Waals surface area contributed by atoms with Crippen molar-refractivity contribution in [3.8, 4) is 0 Å². The van der Waals surface area contributed by atoms with E-state index in [4.69, 9.17) is 10.2 Å². The van der Waals surface area contributed by atoms with E-state index in [0.29, 0.717) is 28.7 Å². The number of nitrogen functional groups attached to an aromatic ring is 1. The number of aromatic nitrogens is 1. The van der Waals surface area contributed by atoms with E-state index in [-0.39, 0.29) is 0 Å². The molecule has 1 heterocycles. The predicted octanol–water partition coefficient (Wildman–Crippen LogP) is 2.07. The van der Waals surface area contributed by atoms with Gasteiger partial charge in [0.1, 0.15) is 11.3 Å². The fourth-order valence-electron chi connectivity index (χ4n) is 1.49. The van der Waals surface area contributed by atoms with Crippen LogP contribution in [0.1, 0.15) is 19.2 Å². The first-order valence-electron chi connectivity index (χ1n) is 5.19. The highest BCUT2D eigenvalue weighted by atomic mass is 32.2. The van der Waals surface area contributed by atoms with Gasteiger partial charge in [-0.2, -0.15) is 0 Å². The quantitative estimate of drug-likeness (QED) is 0.828. The Morgan fingerprint density at radius 1 is 1.50 bits per heavy atom. The molecule has 0 fully saturated rings. The van der Waals surface area contributed by atoms with Gasteiger partial charge in [-0.3, -0.25) is 4.21 Å². The van der Waals surface area contributed by atoms with Gasteiger partial charge in [-0.15, -0.1) is 0 Å². The van der Waals surface area contributed by atoms with Crippen LogP contribution in [0, 0.1) is 0 Å². The molecule has 0 saturated heterocycles. The first-order chi connectivity index (χ1) is 7.69. The van der Waals surface area contributed by atoms with Crippen molar-refractivity contribution in [2.24, 2.45) is 0 Å². The third kappa shape index (κ3) is 2.41. The maximum absolute atomic E-state index is 11.5. The maximum atomic E-state index is 11.5. The summed E-state index contributed by atoms with van der Waals surface area (Å²) in [5, 5.41) is 0. The normalized spacial score (nSPS) is 13.1. The minimum Gasteiger partial charge on any atom is -0.440 e. The summed E-state index contributed by atoms with van der Waals surface area (Å²) in [5.41, 5.74) is 7.70. The standard InChI is InChI=1S/C11H14N2O2S/c1-2-5-16(14)7-11-13-9-4-3-8(12)6-10(9)15-11/h3-4,6H,2,5,7,12H2,1H3. The lowest BCUT2D eigenvalue weighted by Gasteiger charge is -1.94. The van der Waals surface area contributed by atoms with Gasteiger partial charge in [-0.05, 0) is 18.6 Å². The molecule has 2 aromatic rings. The van der Waals surface area contributed by atoms with E-state index in [1.165, 1.54) is 0 Å². The number of nitrogens with zero attached hydrogens (tertiary/aromatic N) is 1. The van der Waals surface area contributed by atoms with Crippen molar-refractivity contribution >= 4 is 27.6 Å². The molecule has 86 valence electrons. The Morgan fingerprint density at radius 3 is 3.06 bits per heavy atom. The lowest BCUT2D eigenvalue weighted by Crippen LogP contribution is -1.99. The lowest BCUT2D eigenvalue weighted by molar-refractivity contribution is 0.552. The molecule has 4 nitrogen and oxygen atoms in total. The molecule has 0 radical (unpaired) electrons. The Balaban J connectivity index is 2.23. The van der Waals surface area contributed by atoms with E-state index in [9.17, 15) is 4.21 Å². The molecule has 0 amide bonds. The molecule has 1 atom stereocenters. The molecule has 0 aliphatic carbocycles. The second kappa shape index (κ2) is 4.65. The van der Waals surface area contributed by atoms with Crippen LogP contribution in [0.25, 0.3) is 11.1 Å². The summed E-state index contributed by atoms with van der Waals surface area (Å²) in [5.74, 6) is 1.58. The highest BCUT2D eigenvalue weighted by Gasteiger charge is 2.09. The number of oxazole rings is 1. The Morgan fingerprint density at radius 2 is 2.31 bits per heavy atom. The monoisotopic (exact) mass is 238 g/mol. The molecule has 2 rings (SSSR count). The van der Waals surface area contributed by atoms with Gasteiger partial charge in [0.05, 0.1) is 0 Å². The largest absolute Gasteiger partial charge is 0.440 e. The topological polar surface area (TPSA) is 69.1 Å². The number of hydrogen-bond donors (Lipinski definition) is 1. The Labute approximate surface area is 96.3 Å². The number of anilines is 1. The molecular formula is C11H14N2O2S. The minimum atomic E-state index is -0.891. The average Bonchev–Trinajstić information content (AvgIpc) is 2.59. The molecule has 0 spiro atoms. The molecule has 2 N–H and O–H groups in total. The van der Waals surface area contributed by atoms with Gasteiger partial charge < -0.3 is 10.2 Å². The summed E-state index contributed by atoms with van der Waals surface area (Å²) < 4.78 is 17.0. The summed E-state index contributed by atoms with van der Waals surface area (Å²) >= 11 is 0. The van der Waals surface area contributed by atoms with Crippen molar-refractivity contribution in [3.05, 3.63) is 24.1 Å². The van der Waals surface area contributed by atoms with E-state index < -0.39 is 10.8 Å². The second-order valence-electron chi connectivity index (χ2n) is 3.62. The first-order valence-corrected chi connectivity index (χ1v) is 6.67. The van der Waals surface area contributed by atoms with Crippen molar-refractivity contribution in [2.75, 3.05) is 11.5 Å². The lowest BCUT2D eigenvalue weighted by atomic mass is 10.3. The molecule has 0 aliphatic heterocycles. The maximum Gasteiger partial charge on any atom is 0.208 e. The van der Waals surface area contributed by atoms with Gasteiger partial charge >= 0.3 is 0 Å². The molecule has 1 aromatic carbocycles. The van der Waals surface area contributed by atoms with Crippen LogP contribution in [-0.2, 0) is 16.6 Å². The van der Waals surface area contributed by atoms with Gasteiger partial charge in [0.15, 0.2) is 5.58 Å². The Bertz CT molecular complexity index is 522. The van der Waals surface area contributed by atoms with E-state index in [0.717, 1.165) is 11.9 Å². The second-order valence-corrected chi connectivity index (χ2v) is 5.20. The molecular weight excluding hydrogens is 224 g/mol. The number of fused-ring (bicyclic) bond motifs is 1. The van der Waals surface area contributed by atoms with E-state index in [2.05, 4.69) is 4.98 Å². The molecule has 1 aromatic heterocycles. The van der Waals surface area contributed by atoms with Crippen molar-refractivity contribution in [2.45, 2.75) is 19.1 Å². The molecule has 1 unspecified atom stereocenters. The van der Waals surface area contributed by atoms with Crippen molar-refractivity contribution in [3.63, 3.8) is 0 Å². The third-order valence-corrected chi connectivity index (χ3v) is 3.61. The molecule has 0 saturated carbocycles. The fourth-order valence-corrected chi connectivity index (χ4v) is 2.49. The van der Waals surface area contributed by atoms with Gasteiger partial charge in [0.25, 0.3) is 0 Å². The molecule has 5 heteroatoms. The summed E-state index contributed by atoms with van der Waals surface area (Å²) in [7, 11) is -0.891. The molecule has 0 aliphatic rings. The Hall–Kier alpha value is -1.36. The third-order valence-electron chi connectivity index (χ3n) is 2.17. The van der Waals surface area contributed by atoms with Crippen LogP contribution >= 0.6 is 0 Å². The van der Waals surface area contributed by atoms with E-state index in [1.807, 2.05) is 6.92 Å². The smallest absolute Gasteiger partial charge is 0.208 e. The van der Waals surface area contributed by atoms with Crippen LogP contribution in [0.3, 0.4) is 0 Å². The summed E-state index contributed by atoms with van der Waals surface area (Å²) in [6.07, 6.45) is 0.903. The zero-order chi connectivity index (χ0) is 11.5. The molecule has 16 heavy (non-hydrogen) atoms. The zero-order valence-corrected chi connectivity index (χ0v) is 9.92. The van der Waals surface area contributed by atoms with Crippen LogP contribution in [0.5, 0.6) is 0 Å². The fraction of sp³-hybridized carbons (Fsp3) is 0.364. The van der Waals surface area contributed by atoms with Crippen LogP contribution in [0.2, 0.25) is 0 Å². The number of rotatable bonds is 4. The first kappa shape index (κ1) is 11.1. The van der Waals surface area contributed by atoms with Gasteiger partial charge in [0.2, 0.25) is 5.89 Å². The molecule has 0 bridgehead atoms. The summed E-state index contributed by atoms with van der Waals surface area (Å²) in [6.45, 7) is 2.00. The number of hydrogen-bond acceptors (Lipinski definition) is 4. The van der Waals surface area contributed by atoms with E-state index >= 15 is 0 Å². The SMILES string of the molecule is CCCS(=O)Cc1nc2ccc(N)cc2o1. The van der Waals surface area contributed by atoms with Crippen molar-refractivity contribution < 1.29 is 8.63 Å². The van der Waals surface area contributed by atoms with Gasteiger partial charge in [0, 0.05) is 28.3 Å². The van der Waals surface area contributed by atoms with Gasteiger partial charge in [-0.1, -0.05) is 6.92 Å². The van der Waals surface area contributed by atoms with Gasteiger partial charge in [-0.25, -0.2) is 4.98 Å². The van der Waals surface area contributed by atoms with Crippen LogP contribution in [0.15, 0.2) is 22.6 Å². The minimum absolute atomic E-state index is 0.377. The van der Waals surface area contributed by atoms with Crippen LogP contribution < -0.4 is 5.73 Å². The van der Waals surface area contributed by atoms with E-state index in [1.54, 1.807) is 18.2 Å².